The Balaban J connectivity index is 0.000000605. The normalized spacial score (nSPS) is 8.33. The summed E-state index contributed by atoms with van der Waals surface area (Å²) in [5, 5.41) is 1.07. The van der Waals surface area contributed by atoms with Crippen molar-refractivity contribution >= 4 is 34.0 Å². The fraction of sp³-hybridized carbons (Fsp3) is 0. The Kier molecular flexibility index (Phi) is 5.45. The summed E-state index contributed by atoms with van der Waals surface area (Å²) in [5.74, 6) is 0. The molecule has 3 heteroatoms. The molecule has 1 heterocycles. The van der Waals surface area contributed by atoms with Crippen LogP contribution in [0.3, 0.4) is 0 Å². The Labute approximate surface area is 98.1 Å². The summed E-state index contributed by atoms with van der Waals surface area (Å²) in [5.41, 5.74) is 1.00. The molecule has 0 aliphatic carbocycles. The van der Waals surface area contributed by atoms with E-state index in [1.807, 2.05) is 30.3 Å². The number of rotatable bonds is 0. The number of aromatic nitrogens is 1. The van der Waals surface area contributed by atoms with Gasteiger partial charge in [-0.2, -0.15) is 0 Å². The van der Waals surface area contributed by atoms with Gasteiger partial charge in [-0.1, -0.05) is 6.07 Å². The van der Waals surface area contributed by atoms with E-state index < -0.39 is 0 Å². The van der Waals surface area contributed by atoms with Crippen LogP contribution in [-0.2, 0) is 0 Å². The fourth-order valence-corrected chi connectivity index (χ4v) is 0.950. The summed E-state index contributed by atoms with van der Waals surface area (Å²) < 4.78 is 0. The van der Waals surface area contributed by atoms with Crippen LogP contribution in [0.5, 0.6) is 0 Å². The molecule has 0 fully saturated rings. The molecule has 12 heavy (non-hydrogen) atoms. The number of pyridine rings is 1. The molecule has 0 unspecified atom stereocenters. The summed E-state index contributed by atoms with van der Waals surface area (Å²) in [6.45, 7) is 0. The predicted molar refractivity (Wildman–Crippen MR) is 46.3 cm³/mol. The van der Waals surface area contributed by atoms with E-state index in [4.69, 9.17) is 0 Å². The summed E-state index contributed by atoms with van der Waals surface area (Å²) in [4.78, 5) is 4.15. The van der Waals surface area contributed by atoms with Gasteiger partial charge < -0.3 is 22.0 Å². The van der Waals surface area contributed by atoms with Crippen LogP contribution in [0.1, 0.15) is 0 Å². The van der Waals surface area contributed by atoms with E-state index in [-0.39, 0.29) is 40.0 Å². The molecule has 56 valence electrons. The summed E-state index contributed by atoms with van der Waals surface area (Å²) in [6.07, 6.45) is 1.79. The number of nitrogens with zero attached hydrogens (tertiary/aromatic N) is 1. The van der Waals surface area contributed by atoms with Gasteiger partial charge in [-0.3, -0.25) is 0 Å². The van der Waals surface area contributed by atoms with Crippen molar-refractivity contribution in [3.05, 3.63) is 42.6 Å². The van der Waals surface area contributed by atoms with Gasteiger partial charge in [0.15, 0.2) is 0 Å². The van der Waals surface area contributed by atoms with E-state index in [0.717, 1.165) is 10.9 Å². The van der Waals surface area contributed by atoms with Crippen LogP contribution in [-0.4, -0.2) is 28.0 Å². The van der Waals surface area contributed by atoms with E-state index >= 15 is 0 Å². The standard InChI is InChI=1S/C9H6N.BrH.Mg/c1-2-6-9-8(4-1)5-3-7-10-9;;/h1-3,5-7H;1H;/q-1;;+2/p-1. The first kappa shape index (κ1) is 11.9. The molecule has 2 aromatic rings. The monoisotopic (exact) mass is 231 g/mol. The van der Waals surface area contributed by atoms with Crippen LogP contribution in [0.2, 0.25) is 0 Å². The average Bonchev–Trinajstić information content (AvgIpc) is 2.05. The Hall–Kier alpha value is -0.124. The second-order valence-corrected chi connectivity index (χ2v) is 2.11. The molecular weight excluding hydrogens is 226 g/mol. The molecule has 1 nitrogen and oxygen atoms in total. The molecule has 1 aromatic carbocycles. The van der Waals surface area contributed by atoms with Gasteiger partial charge in [0.25, 0.3) is 0 Å². The van der Waals surface area contributed by atoms with Crippen molar-refractivity contribution in [1.29, 1.82) is 0 Å². The Bertz CT molecular complexity index is 286. The van der Waals surface area contributed by atoms with E-state index in [9.17, 15) is 0 Å². The molecule has 1 aromatic heterocycles. The van der Waals surface area contributed by atoms with Crippen LogP contribution < -0.4 is 17.0 Å². The quantitative estimate of drug-likeness (QED) is 0.405. The molecular formula is C9H6BrMgN. The Morgan fingerprint density at radius 1 is 1.17 bits per heavy atom. The molecule has 0 radical (unpaired) electrons. The van der Waals surface area contributed by atoms with Crippen molar-refractivity contribution in [2.24, 2.45) is 0 Å². The van der Waals surface area contributed by atoms with Gasteiger partial charge in [0, 0.05) is 6.20 Å². The van der Waals surface area contributed by atoms with E-state index in [1.54, 1.807) is 6.20 Å². The molecule has 0 saturated carbocycles. The third kappa shape index (κ3) is 2.43. The molecule has 0 saturated heterocycles. The van der Waals surface area contributed by atoms with Crippen molar-refractivity contribution in [3.63, 3.8) is 0 Å². The van der Waals surface area contributed by atoms with E-state index in [1.165, 1.54) is 0 Å². The minimum Gasteiger partial charge on any atom is -1.00 e. The van der Waals surface area contributed by atoms with Crippen LogP contribution in [0.15, 0.2) is 36.5 Å². The maximum Gasteiger partial charge on any atom is 2.00 e. The van der Waals surface area contributed by atoms with Crippen molar-refractivity contribution in [3.8, 4) is 0 Å². The summed E-state index contributed by atoms with van der Waals surface area (Å²) >= 11 is 0. The van der Waals surface area contributed by atoms with Crippen LogP contribution in [0.4, 0.5) is 0 Å². The van der Waals surface area contributed by atoms with Crippen molar-refractivity contribution in [2.75, 3.05) is 0 Å². The zero-order valence-corrected chi connectivity index (χ0v) is 9.50. The smallest absolute Gasteiger partial charge is 1.00 e. The molecule has 0 spiro atoms. The second kappa shape index (κ2) is 5.51. The molecule has 0 bridgehead atoms. The van der Waals surface area contributed by atoms with Gasteiger partial charge in [0.1, 0.15) is 0 Å². The molecule has 0 aliphatic rings. The van der Waals surface area contributed by atoms with Gasteiger partial charge in [0.05, 0.1) is 0 Å². The number of benzene rings is 1. The fourth-order valence-electron chi connectivity index (χ4n) is 0.950. The van der Waals surface area contributed by atoms with Crippen LogP contribution in [0, 0.1) is 6.07 Å². The maximum absolute atomic E-state index is 4.15. The number of fused-ring (bicyclic) bond motifs is 1. The first-order valence-corrected chi connectivity index (χ1v) is 3.18. The first-order valence-electron chi connectivity index (χ1n) is 3.18. The molecule has 0 atom stereocenters. The van der Waals surface area contributed by atoms with Gasteiger partial charge in [-0.25, -0.2) is 0 Å². The molecule has 0 aliphatic heterocycles. The third-order valence-electron chi connectivity index (χ3n) is 1.43. The van der Waals surface area contributed by atoms with Crippen LogP contribution in [0.25, 0.3) is 10.9 Å². The van der Waals surface area contributed by atoms with Crippen molar-refractivity contribution < 1.29 is 17.0 Å². The minimum atomic E-state index is 0. The van der Waals surface area contributed by atoms with Gasteiger partial charge in [-0.15, -0.1) is 35.7 Å². The molecule has 2 rings (SSSR count). The molecule has 0 amide bonds. The summed E-state index contributed by atoms with van der Waals surface area (Å²) in [7, 11) is 0. The minimum absolute atomic E-state index is 0. The first-order chi connectivity index (χ1) is 4.97. The number of halogens is 1. The second-order valence-electron chi connectivity index (χ2n) is 2.11. The number of hydrogen-bond acceptors (Lipinski definition) is 1. The van der Waals surface area contributed by atoms with Gasteiger partial charge in [-0.05, 0) is 5.52 Å². The van der Waals surface area contributed by atoms with Crippen molar-refractivity contribution in [1.82, 2.24) is 4.98 Å². The van der Waals surface area contributed by atoms with Crippen molar-refractivity contribution in [2.45, 2.75) is 0 Å². The zero-order chi connectivity index (χ0) is 6.81. The predicted octanol–water partition coefficient (Wildman–Crippen LogP) is -1.34. The Morgan fingerprint density at radius 3 is 2.75 bits per heavy atom. The summed E-state index contributed by atoms with van der Waals surface area (Å²) in [6, 6.07) is 12.8. The third-order valence-corrected chi connectivity index (χ3v) is 1.43. The topological polar surface area (TPSA) is 12.9 Å². The number of hydrogen-bond donors (Lipinski definition) is 0. The average molecular weight is 232 g/mol. The SMILES string of the molecule is [Br-].[Mg+2].[c-]1cccc2ncccc12. The van der Waals surface area contributed by atoms with E-state index in [0.29, 0.717) is 0 Å². The molecule has 0 N–H and O–H groups in total. The van der Waals surface area contributed by atoms with E-state index in [2.05, 4.69) is 11.1 Å². The maximum atomic E-state index is 4.15. The Morgan fingerprint density at radius 2 is 2.00 bits per heavy atom. The zero-order valence-electron chi connectivity index (χ0n) is 6.50. The van der Waals surface area contributed by atoms with Gasteiger partial charge >= 0.3 is 23.1 Å². The largest absolute Gasteiger partial charge is 2.00 e. The van der Waals surface area contributed by atoms with Gasteiger partial charge in [0.2, 0.25) is 0 Å². The van der Waals surface area contributed by atoms with Crippen LogP contribution >= 0.6 is 0 Å².